The third-order valence-corrected chi connectivity index (χ3v) is 4.56. The van der Waals surface area contributed by atoms with E-state index in [4.69, 9.17) is 14.2 Å². The Morgan fingerprint density at radius 2 is 1.71 bits per heavy atom. The first-order valence-corrected chi connectivity index (χ1v) is 9.26. The van der Waals surface area contributed by atoms with Crippen LogP contribution >= 0.6 is 0 Å². The summed E-state index contributed by atoms with van der Waals surface area (Å²) in [6, 6.07) is 14.9. The zero-order chi connectivity index (χ0) is 20.5. The first-order chi connectivity index (χ1) is 13.5. The van der Waals surface area contributed by atoms with Crippen molar-refractivity contribution >= 4 is 11.9 Å². The molecule has 0 bridgehead atoms. The van der Waals surface area contributed by atoms with E-state index in [-0.39, 0.29) is 23.1 Å². The van der Waals surface area contributed by atoms with Crippen molar-refractivity contribution in [2.24, 2.45) is 0 Å². The van der Waals surface area contributed by atoms with Gasteiger partial charge in [0.25, 0.3) is 5.91 Å². The Balaban J connectivity index is 1.98. The lowest BCUT2D eigenvalue weighted by atomic mass is 9.96. The largest absolute Gasteiger partial charge is 0.493 e. The van der Waals surface area contributed by atoms with Crippen LogP contribution in [0.3, 0.4) is 0 Å². The minimum Gasteiger partial charge on any atom is -0.493 e. The van der Waals surface area contributed by atoms with Crippen LogP contribution in [0.25, 0.3) is 0 Å². The van der Waals surface area contributed by atoms with Gasteiger partial charge in [0.15, 0.2) is 17.6 Å². The third-order valence-electron chi connectivity index (χ3n) is 4.56. The average Bonchev–Trinajstić information content (AvgIpc) is 2.73. The second-order valence-corrected chi connectivity index (χ2v) is 6.35. The van der Waals surface area contributed by atoms with Crippen LogP contribution in [0.5, 0.6) is 11.5 Å². The van der Waals surface area contributed by atoms with E-state index >= 15 is 0 Å². The van der Waals surface area contributed by atoms with Crippen molar-refractivity contribution in [2.75, 3.05) is 20.8 Å². The van der Waals surface area contributed by atoms with E-state index in [0.717, 1.165) is 12.0 Å². The lowest BCUT2D eigenvalue weighted by Gasteiger charge is -2.19. The summed E-state index contributed by atoms with van der Waals surface area (Å²) < 4.78 is 15.8. The van der Waals surface area contributed by atoms with Gasteiger partial charge in [-0.25, -0.2) is 4.79 Å². The molecule has 6 nitrogen and oxygen atoms in total. The summed E-state index contributed by atoms with van der Waals surface area (Å²) in [6.07, 6.45) is -0.0453. The molecule has 150 valence electrons. The van der Waals surface area contributed by atoms with E-state index in [9.17, 15) is 9.59 Å². The molecule has 0 spiro atoms. The summed E-state index contributed by atoms with van der Waals surface area (Å²) in [5.41, 5.74) is 1.37. The molecule has 6 heteroatoms. The monoisotopic (exact) mass is 385 g/mol. The maximum atomic E-state index is 12.5. The summed E-state index contributed by atoms with van der Waals surface area (Å²) in [6.45, 7) is 4.09. The zero-order valence-electron chi connectivity index (χ0n) is 16.7. The highest BCUT2D eigenvalue weighted by Crippen LogP contribution is 2.31. The molecule has 0 aliphatic carbocycles. The zero-order valence-corrected chi connectivity index (χ0v) is 16.7. The maximum absolute atomic E-state index is 12.5. The molecule has 0 aliphatic rings. The molecule has 1 amide bonds. The SMILES string of the molecule is CC[C@H](CNC(=O)[C@H](C)OC(=O)c1cccc(OC)c1OC)c1ccccc1. The molecule has 0 unspecified atom stereocenters. The molecule has 0 aromatic heterocycles. The van der Waals surface area contributed by atoms with Crippen molar-refractivity contribution in [1.29, 1.82) is 0 Å². The number of amides is 1. The van der Waals surface area contributed by atoms with E-state index in [0.29, 0.717) is 12.3 Å². The standard InChI is InChI=1S/C22H27NO5/c1-5-16(17-10-7-6-8-11-17)14-23-21(24)15(2)28-22(25)18-12-9-13-19(26-3)20(18)27-4/h6-13,15-16H,5,14H2,1-4H3,(H,23,24)/t15-,16+/m0/s1. The molecule has 2 rings (SSSR count). The van der Waals surface area contributed by atoms with Crippen LogP contribution in [0.4, 0.5) is 0 Å². The van der Waals surface area contributed by atoms with Gasteiger partial charge in [0.1, 0.15) is 5.56 Å². The molecule has 0 aliphatic heterocycles. The molecule has 28 heavy (non-hydrogen) atoms. The van der Waals surface area contributed by atoms with Gasteiger partial charge in [0, 0.05) is 12.5 Å². The van der Waals surface area contributed by atoms with Gasteiger partial charge in [-0.3, -0.25) is 4.79 Å². The molecule has 0 radical (unpaired) electrons. The molecule has 2 atom stereocenters. The van der Waals surface area contributed by atoms with Gasteiger partial charge in [0.05, 0.1) is 14.2 Å². The Hall–Kier alpha value is -3.02. The first-order valence-electron chi connectivity index (χ1n) is 9.26. The number of ether oxygens (including phenoxy) is 3. The number of rotatable bonds is 9. The summed E-state index contributed by atoms with van der Waals surface area (Å²) in [4.78, 5) is 24.9. The van der Waals surface area contributed by atoms with Crippen molar-refractivity contribution in [3.63, 3.8) is 0 Å². The van der Waals surface area contributed by atoms with Crippen molar-refractivity contribution in [3.05, 3.63) is 59.7 Å². The Morgan fingerprint density at radius 3 is 2.32 bits per heavy atom. The molecular formula is C22H27NO5. The molecular weight excluding hydrogens is 358 g/mol. The van der Waals surface area contributed by atoms with Gasteiger partial charge in [-0.05, 0) is 31.0 Å². The molecule has 2 aromatic rings. The summed E-state index contributed by atoms with van der Waals surface area (Å²) in [7, 11) is 2.93. The van der Waals surface area contributed by atoms with Gasteiger partial charge in [0.2, 0.25) is 0 Å². The number of carbonyl (C=O) groups excluding carboxylic acids is 2. The van der Waals surface area contributed by atoms with Crippen LogP contribution in [0, 0.1) is 0 Å². The summed E-state index contributed by atoms with van der Waals surface area (Å²) in [5.74, 6) is -0.0925. The van der Waals surface area contributed by atoms with Crippen molar-refractivity contribution < 1.29 is 23.8 Å². The number of esters is 1. The number of carbonyl (C=O) groups is 2. The van der Waals surface area contributed by atoms with Crippen molar-refractivity contribution in [1.82, 2.24) is 5.32 Å². The highest BCUT2D eigenvalue weighted by molar-refractivity contribution is 5.95. The minimum atomic E-state index is -0.934. The van der Waals surface area contributed by atoms with Gasteiger partial charge in [-0.15, -0.1) is 0 Å². The van der Waals surface area contributed by atoms with Gasteiger partial charge in [-0.1, -0.05) is 43.3 Å². The number of nitrogens with one attached hydrogen (secondary N) is 1. The fourth-order valence-electron chi connectivity index (χ4n) is 2.92. The molecule has 0 fully saturated rings. The Bertz CT molecular complexity index is 791. The van der Waals surface area contributed by atoms with Crippen LogP contribution in [-0.4, -0.2) is 38.7 Å². The minimum absolute atomic E-state index is 0.200. The first kappa shape index (κ1) is 21.3. The summed E-state index contributed by atoms with van der Waals surface area (Å²) >= 11 is 0. The van der Waals surface area contributed by atoms with Crippen molar-refractivity contribution in [2.45, 2.75) is 32.3 Å². The third kappa shape index (κ3) is 5.25. The lowest BCUT2D eigenvalue weighted by molar-refractivity contribution is -0.129. The number of para-hydroxylation sites is 1. The predicted octanol–water partition coefficient (Wildman–Crippen LogP) is 3.56. The number of hydrogen-bond donors (Lipinski definition) is 1. The number of hydrogen-bond acceptors (Lipinski definition) is 5. The van der Waals surface area contributed by atoms with E-state index in [1.165, 1.54) is 14.2 Å². The smallest absolute Gasteiger partial charge is 0.342 e. The molecule has 0 saturated heterocycles. The highest BCUT2D eigenvalue weighted by atomic mass is 16.6. The second kappa shape index (κ2) is 10.3. The van der Waals surface area contributed by atoms with Crippen LogP contribution in [0.1, 0.15) is 42.1 Å². The number of methoxy groups -OCH3 is 2. The van der Waals surface area contributed by atoms with Gasteiger partial charge < -0.3 is 19.5 Å². The molecule has 0 heterocycles. The lowest BCUT2D eigenvalue weighted by Crippen LogP contribution is -2.38. The Morgan fingerprint density at radius 1 is 1.00 bits per heavy atom. The molecule has 0 saturated carbocycles. The van der Waals surface area contributed by atoms with E-state index in [1.807, 2.05) is 30.3 Å². The second-order valence-electron chi connectivity index (χ2n) is 6.35. The van der Waals surface area contributed by atoms with Crippen LogP contribution < -0.4 is 14.8 Å². The average molecular weight is 385 g/mol. The van der Waals surface area contributed by atoms with Crippen LogP contribution in [0.2, 0.25) is 0 Å². The molecule has 2 aromatic carbocycles. The Kier molecular flexibility index (Phi) is 7.87. The quantitative estimate of drug-likeness (QED) is 0.668. The normalized spacial score (nSPS) is 12.6. The predicted molar refractivity (Wildman–Crippen MR) is 107 cm³/mol. The topological polar surface area (TPSA) is 73.9 Å². The van der Waals surface area contributed by atoms with E-state index in [2.05, 4.69) is 12.2 Å². The van der Waals surface area contributed by atoms with Crippen LogP contribution in [-0.2, 0) is 9.53 Å². The Labute approximate surface area is 165 Å². The molecule has 1 N–H and O–H groups in total. The highest BCUT2D eigenvalue weighted by Gasteiger charge is 2.23. The van der Waals surface area contributed by atoms with E-state index in [1.54, 1.807) is 25.1 Å². The maximum Gasteiger partial charge on any atom is 0.342 e. The number of benzene rings is 2. The van der Waals surface area contributed by atoms with Gasteiger partial charge in [-0.2, -0.15) is 0 Å². The van der Waals surface area contributed by atoms with E-state index < -0.39 is 12.1 Å². The summed E-state index contributed by atoms with van der Waals surface area (Å²) in [5, 5.41) is 2.87. The van der Waals surface area contributed by atoms with Crippen molar-refractivity contribution in [3.8, 4) is 11.5 Å². The fourth-order valence-corrected chi connectivity index (χ4v) is 2.92. The van der Waals surface area contributed by atoms with Crippen LogP contribution in [0.15, 0.2) is 48.5 Å². The van der Waals surface area contributed by atoms with Gasteiger partial charge >= 0.3 is 5.97 Å². The fraction of sp³-hybridized carbons (Fsp3) is 0.364.